The molecule has 0 aromatic heterocycles. The van der Waals surface area contributed by atoms with Crippen molar-refractivity contribution < 1.29 is 27.1 Å². The molecule has 9 heteroatoms. The molecule has 0 bridgehead atoms. The Balaban J connectivity index is 1.93. The van der Waals surface area contributed by atoms with Crippen LogP contribution in [-0.2, 0) is 24.3 Å². The van der Waals surface area contributed by atoms with Crippen LogP contribution in [0, 0.1) is 5.82 Å². The number of nitrogens with one attached hydrogen (secondary N) is 1. The van der Waals surface area contributed by atoms with Gasteiger partial charge in [0.05, 0.1) is 4.90 Å². The summed E-state index contributed by atoms with van der Waals surface area (Å²) in [5, 5.41) is 7.46. The van der Waals surface area contributed by atoms with Crippen LogP contribution in [0.2, 0.25) is 0 Å². The van der Waals surface area contributed by atoms with Crippen LogP contribution in [0.15, 0.2) is 59.5 Å². The largest absolute Gasteiger partial charge is 0.449 e. The average Bonchev–Trinajstić information content (AvgIpc) is 2.60. The lowest BCUT2D eigenvalue weighted by atomic mass is 10.2. The van der Waals surface area contributed by atoms with Crippen LogP contribution in [0.4, 0.5) is 10.1 Å². The number of primary sulfonamides is 1. The monoisotopic (exact) mass is 392 g/mol. The third-order valence-corrected chi connectivity index (χ3v) is 4.35. The highest BCUT2D eigenvalue weighted by atomic mass is 32.2. The van der Waals surface area contributed by atoms with E-state index in [1.54, 1.807) is 6.07 Å². The molecule has 2 aromatic carbocycles. The average molecular weight is 392 g/mol. The number of rotatable bonds is 6. The van der Waals surface area contributed by atoms with E-state index in [9.17, 15) is 22.4 Å². The van der Waals surface area contributed by atoms with Crippen molar-refractivity contribution in [3.63, 3.8) is 0 Å². The lowest BCUT2D eigenvalue weighted by Gasteiger charge is -2.12. The maximum Gasteiger partial charge on any atom is 0.331 e. The van der Waals surface area contributed by atoms with Crippen LogP contribution in [-0.4, -0.2) is 26.4 Å². The Bertz CT molecular complexity index is 972. The van der Waals surface area contributed by atoms with E-state index in [-0.39, 0.29) is 10.5 Å². The molecule has 1 atom stereocenters. The Morgan fingerprint density at radius 3 is 2.37 bits per heavy atom. The minimum atomic E-state index is -3.83. The van der Waals surface area contributed by atoms with Crippen molar-refractivity contribution in [3.8, 4) is 0 Å². The first-order chi connectivity index (χ1) is 12.7. The molecule has 2 aromatic rings. The summed E-state index contributed by atoms with van der Waals surface area (Å²) in [6.45, 7) is 1.36. The van der Waals surface area contributed by atoms with Gasteiger partial charge in [-0.1, -0.05) is 18.2 Å². The van der Waals surface area contributed by atoms with E-state index in [2.05, 4.69) is 5.32 Å². The van der Waals surface area contributed by atoms with E-state index >= 15 is 0 Å². The predicted molar refractivity (Wildman–Crippen MR) is 97.4 cm³/mol. The molecule has 27 heavy (non-hydrogen) atoms. The maximum atomic E-state index is 13.5. The van der Waals surface area contributed by atoms with E-state index in [0.29, 0.717) is 5.69 Å². The number of carbonyl (C=O) groups excluding carboxylic acids is 2. The Labute approximate surface area is 155 Å². The second kappa shape index (κ2) is 8.56. The van der Waals surface area contributed by atoms with Gasteiger partial charge in [-0.25, -0.2) is 22.7 Å². The van der Waals surface area contributed by atoms with Gasteiger partial charge in [0.15, 0.2) is 6.10 Å². The van der Waals surface area contributed by atoms with Crippen molar-refractivity contribution in [2.75, 3.05) is 5.32 Å². The number of carbonyl (C=O) groups is 2. The second-order valence-electron chi connectivity index (χ2n) is 5.49. The molecule has 1 amide bonds. The Hall–Kier alpha value is -3.04. The number of hydrogen-bond donors (Lipinski definition) is 2. The van der Waals surface area contributed by atoms with Gasteiger partial charge in [0.25, 0.3) is 5.91 Å². The van der Waals surface area contributed by atoms with E-state index < -0.39 is 33.8 Å². The molecular formula is C18H17FN2O5S. The van der Waals surface area contributed by atoms with E-state index in [1.165, 1.54) is 55.5 Å². The zero-order valence-corrected chi connectivity index (χ0v) is 15.1. The number of sulfonamides is 1. The van der Waals surface area contributed by atoms with Gasteiger partial charge in [-0.2, -0.15) is 0 Å². The minimum absolute atomic E-state index is 0.0988. The normalized spacial score (nSPS) is 12.6. The summed E-state index contributed by atoms with van der Waals surface area (Å²) in [7, 11) is -3.83. The van der Waals surface area contributed by atoms with Gasteiger partial charge >= 0.3 is 5.97 Å². The zero-order valence-electron chi connectivity index (χ0n) is 14.3. The molecule has 0 aliphatic rings. The van der Waals surface area contributed by atoms with Gasteiger partial charge in [0.2, 0.25) is 10.0 Å². The van der Waals surface area contributed by atoms with Crippen LogP contribution in [0.1, 0.15) is 12.5 Å². The van der Waals surface area contributed by atoms with Crippen LogP contribution >= 0.6 is 0 Å². The first kappa shape index (κ1) is 20.3. The quantitative estimate of drug-likeness (QED) is 0.577. The molecule has 142 valence electrons. The fraction of sp³-hybridized carbons (Fsp3) is 0.111. The highest BCUT2D eigenvalue weighted by Gasteiger charge is 2.17. The molecule has 0 spiro atoms. The van der Waals surface area contributed by atoms with Crippen molar-refractivity contribution in [2.24, 2.45) is 5.14 Å². The zero-order chi connectivity index (χ0) is 20.0. The highest BCUT2D eigenvalue weighted by Crippen LogP contribution is 2.13. The number of benzene rings is 2. The molecule has 3 N–H and O–H groups in total. The minimum Gasteiger partial charge on any atom is -0.449 e. The van der Waals surface area contributed by atoms with Crippen molar-refractivity contribution >= 4 is 33.7 Å². The summed E-state index contributed by atoms with van der Waals surface area (Å²) < 4.78 is 40.8. The van der Waals surface area contributed by atoms with Crippen molar-refractivity contribution in [3.05, 3.63) is 66.0 Å². The summed E-state index contributed by atoms with van der Waals surface area (Å²) in [5.74, 6) is -1.92. The maximum absolute atomic E-state index is 13.5. The summed E-state index contributed by atoms with van der Waals surface area (Å²) in [4.78, 5) is 23.7. The molecule has 0 fully saturated rings. The van der Waals surface area contributed by atoms with E-state index in [1.807, 2.05) is 0 Å². The molecule has 0 unspecified atom stereocenters. The highest BCUT2D eigenvalue weighted by molar-refractivity contribution is 7.89. The summed E-state index contributed by atoms with van der Waals surface area (Å²) in [6.07, 6.45) is 1.14. The lowest BCUT2D eigenvalue weighted by molar-refractivity contribution is -0.148. The smallest absolute Gasteiger partial charge is 0.331 e. The summed E-state index contributed by atoms with van der Waals surface area (Å²) in [6, 6.07) is 11.0. The van der Waals surface area contributed by atoms with Gasteiger partial charge in [0.1, 0.15) is 5.82 Å². The molecule has 0 saturated heterocycles. The van der Waals surface area contributed by atoms with Crippen LogP contribution in [0.25, 0.3) is 6.08 Å². The van der Waals surface area contributed by atoms with E-state index in [0.717, 1.165) is 6.08 Å². The number of nitrogens with two attached hydrogens (primary N) is 1. The van der Waals surface area contributed by atoms with Gasteiger partial charge in [-0.15, -0.1) is 0 Å². The number of esters is 1. The fourth-order valence-corrected chi connectivity index (χ4v) is 2.52. The van der Waals surface area contributed by atoms with Crippen molar-refractivity contribution in [1.82, 2.24) is 0 Å². The van der Waals surface area contributed by atoms with Gasteiger partial charge in [0, 0.05) is 17.3 Å². The number of hydrogen-bond acceptors (Lipinski definition) is 5. The van der Waals surface area contributed by atoms with Gasteiger partial charge in [-0.05, 0) is 43.3 Å². The van der Waals surface area contributed by atoms with E-state index in [4.69, 9.17) is 9.88 Å². The first-order valence-electron chi connectivity index (χ1n) is 7.74. The molecule has 0 saturated carbocycles. The molecule has 7 nitrogen and oxygen atoms in total. The number of anilines is 1. The first-order valence-corrected chi connectivity index (χ1v) is 9.28. The molecule has 0 radical (unpaired) electrons. The molecule has 2 rings (SSSR count). The van der Waals surface area contributed by atoms with Crippen molar-refractivity contribution in [2.45, 2.75) is 17.9 Å². The van der Waals surface area contributed by atoms with Crippen molar-refractivity contribution in [1.29, 1.82) is 0 Å². The molecule has 0 heterocycles. The third-order valence-electron chi connectivity index (χ3n) is 3.42. The Kier molecular flexibility index (Phi) is 6.43. The predicted octanol–water partition coefficient (Wildman–Crippen LogP) is 2.06. The Morgan fingerprint density at radius 2 is 1.78 bits per heavy atom. The Morgan fingerprint density at radius 1 is 1.15 bits per heavy atom. The van der Waals surface area contributed by atoms with Crippen LogP contribution < -0.4 is 10.5 Å². The lowest BCUT2D eigenvalue weighted by Crippen LogP contribution is -2.29. The van der Waals surface area contributed by atoms with Gasteiger partial charge in [-0.3, -0.25) is 4.79 Å². The number of amides is 1. The van der Waals surface area contributed by atoms with Crippen LogP contribution in [0.5, 0.6) is 0 Å². The molecule has 0 aliphatic carbocycles. The second-order valence-corrected chi connectivity index (χ2v) is 7.05. The third kappa shape index (κ3) is 6.01. The number of ether oxygens (including phenoxy) is 1. The van der Waals surface area contributed by atoms with Crippen LogP contribution in [0.3, 0.4) is 0 Å². The SMILES string of the molecule is C[C@@H](OC(=O)/C=C\c1ccccc1F)C(=O)Nc1ccc(S(N)(=O)=O)cc1. The summed E-state index contributed by atoms with van der Waals surface area (Å²) in [5.41, 5.74) is 0.513. The summed E-state index contributed by atoms with van der Waals surface area (Å²) >= 11 is 0. The van der Waals surface area contributed by atoms with Gasteiger partial charge < -0.3 is 10.1 Å². The molecular weight excluding hydrogens is 375 g/mol. The fourth-order valence-electron chi connectivity index (χ4n) is 2.01. The standard InChI is InChI=1S/C18H17FN2O5S/c1-12(26-17(22)11-6-13-4-2-3-5-16(13)19)18(23)21-14-7-9-15(10-8-14)27(20,24)25/h2-12H,1H3,(H,21,23)(H2,20,24,25)/b11-6-/t12-/m1/s1. The topological polar surface area (TPSA) is 116 Å². The molecule has 0 aliphatic heterocycles. The number of halogens is 1.